The number of rotatable bonds is 5. The number of esters is 3. The second kappa shape index (κ2) is 8.72. The molecule has 1 saturated heterocycles. The van der Waals surface area contributed by atoms with Crippen molar-refractivity contribution in [1.29, 1.82) is 0 Å². The van der Waals surface area contributed by atoms with Crippen LogP contribution in [-0.2, 0) is 39.2 Å². The summed E-state index contributed by atoms with van der Waals surface area (Å²) in [6, 6.07) is 1.04. The van der Waals surface area contributed by atoms with Crippen LogP contribution >= 0.6 is 15.9 Å². The predicted octanol–water partition coefficient (Wildman–Crippen LogP) is 0.393. The summed E-state index contributed by atoms with van der Waals surface area (Å²) >= 11 is 3.32. The highest BCUT2D eigenvalue weighted by Crippen LogP contribution is 2.43. The smallest absolute Gasteiger partial charge is 0.333 e. The lowest BCUT2D eigenvalue weighted by Crippen LogP contribution is -2.53. The molecule has 0 unspecified atom stereocenters. The van der Waals surface area contributed by atoms with E-state index in [2.05, 4.69) is 20.9 Å². The summed E-state index contributed by atoms with van der Waals surface area (Å²) in [6.45, 7) is 6.78. The Morgan fingerprint density at radius 3 is 2.37 bits per heavy atom. The predicted molar refractivity (Wildman–Crippen MR) is 105 cm³/mol. The van der Waals surface area contributed by atoms with E-state index >= 15 is 0 Å². The van der Waals surface area contributed by atoms with Crippen molar-refractivity contribution >= 4 is 33.8 Å². The van der Waals surface area contributed by atoms with Gasteiger partial charge in [-0.2, -0.15) is 0 Å². The summed E-state index contributed by atoms with van der Waals surface area (Å²) in [7, 11) is 0. The van der Waals surface area contributed by atoms with Crippen molar-refractivity contribution in [2.75, 3.05) is 6.61 Å². The number of nitrogens with zero attached hydrogens (tertiary/aromatic N) is 1. The van der Waals surface area contributed by atoms with Crippen molar-refractivity contribution in [3.63, 3.8) is 0 Å². The van der Waals surface area contributed by atoms with E-state index in [4.69, 9.17) is 18.9 Å². The molecule has 11 nitrogen and oxygen atoms in total. The first-order valence-corrected chi connectivity index (χ1v) is 9.88. The number of halogens is 1. The molecule has 0 bridgehead atoms. The van der Waals surface area contributed by atoms with Crippen molar-refractivity contribution < 1.29 is 33.3 Å². The van der Waals surface area contributed by atoms with E-state index in [9.17, 15) is 24.0 Å². The van der Waals surface area contributed by atoms with Crippen molar-refractivity contribution in [2.24, 2.45) is 5.41 Å². The SMILES string of the molecule is CC(=O)OC[C@H]1O[C@](OC(=O)C(C)(C)C)(n2ccc(=O)[nH]c2=O)[C@H](Br)[C@@H]1OC(C)=O. The summed E-state index contributed by atoms with van der Waals surface area (Å²) in [5, 5.41) is 0. The van der Waals surface area contributed by atoms with Gasteiger partial charge in [-0.25, -0.2) is 9.36 Å². The van der Waals surface area contributed by atoms with Crippen molar-refractivity contribution in [3.8, 4) is 0 Å². The minimum absolute atomic E-state index is 0.345. The molecule has 12 heteroatoms. The molecule has 2 heterocycles. The van der Waals surface area contributed by atoms with E-state index in [1.165, 1.54) is 6.92 Å². The fourth-order valence-corrected chi connectivity index (χ4v) is 3.54. The third kappa shape index (κ3) is 4.98. The molecule has 30 heavy (non-hydrogen) atoms. The van der Waals surface area contributed by atoms with Crippen LogP contribution in [0.15, 0.2) is 21.9 Å². The Balaban J connectivity index is 2.62. The average molecular weight is 491 g/mol. The first-order chi connectivity index (χ1) is 13.8. The van der Waals surface area contributed by atoms with E-state index in [1.807, 2.05) is 0 Å². The van der Waals surface area contributed by atoms with Crippen LogP contribution in [0.1, 0.15) is 34.6 Å². The van der Waals surface area contributed by atoms with E-state index in [-0.39, 0.29) is 6.61 Å². The number of carbonyl (C=O) groups excluding carboxylic acids is 3. The third-order valence-electron chi connectivity index (χ3n) is 4.09. The van der Waals surface area contributed by atoms with Crippen LogP contribution in [0.4, 0.5) is 0 Å². The highest BCUT2D eigenvalue weighted by atomic mass is 79.9. The molecule has 1 aliphatic rings. The molecule has 0 radical (unpaired) electrons. The lowest BCUT2D eigenvalue weighted by atomic mass is 9.97. The number of aromatic amines is 1. The van der Waals surface area contributed by atoms with E-state index in [0.717, 1.165) is 23.8 Å². The van der Waals surface area contributed by atoms with Gasteiger partial charge in [0.25, 0.3) is 5.56 Å². The van der Waals surface area contributed by atoms with Gasteiger partial charge >= 0.3 is 29.5 Å². The van der Waals surface area contributed by atoms with Crippen LogP contribution in [0.3, 0.4) is 0 Å². The Morgan fingerprint density at radius 1 is 1.23 bits per heavy atom. The molecule has 4 atom stereocenters. The van der Waals surface area contributed by atoms with Gasteiger partial charge in [-0.05, 0) is 20.8 Å². The summed E-state index contributed by atoms with van der Waals surface area (Å²) in [5.74, 6) is -4.17. The van der Waals surface area contributed by atoms with Crippen LogP contribution in [0, 0.1) is 5.41 Å². The first kappa shape index (κ1) is 23.8. The Morgan fingerprint density at radius 2 is 1.87 bits per heavy atom. The summed E-state index contributed by atoms with van der Waals surface area (Å²) < 4.78 is 22.7. The zero-order valence-corrected chi connectivity index (χ0v) is 18.7. The van der Waals surface area contributed by atoms with Crippen molar-refractivity contribution in [3.05, 3.63) is 33.1 Å². The Kier molecular flexibility index (Phi) is 6.92. The van der Waals surface area contributed by atoms with Gasteiger partial charge in [0.1, 0.15) is 17.5 Å². The van der Waals surface area contributed by atoms with Gasteiger partial charge in [0.05, 0.1) is 5.41 Å². The molecule has 0 saturated carbocycles. The molecule has 0 amide bonds. The van der Waals surface area contributed by atoms with Crippen LogP contribution in [-0.4, -0.2) is 51.1 Å². The van der Waals surface area contributed by atoms with Gasteiger partial charge in [-0.3, -0.25) is 24.2 Å². The Bertz CT molecular complexity index is 948. The number of nitrogens with one attached hydrogen (secondary N) is 1. The molecule has 2 rings (SSSR count). The fourth-order valence-electron chi connectivity index (χ4n) is 2.67. The van der Waals surface area contributed by atoms with Crippen molar-refractivity contribution in [1.82, 2.24) is 9.55 Å². The number of ether oxygens (including phenoxy) is 4. The van der Waals surface area contributed by atoms with Crippen LogP contribution in [0.2, 0.25) is 0 Å². The molecule has 1 aliphatic heterocycles. The zero-order valence-electron chi connectivity index (χ0n) is 17.1. The highest BCUT2D eigenvalue weighted by molar-refractivity contribution is 9.09. The third-order valence-corrected chi connectivity index (χ3v) is 5.19. The van der Waals surface area contributed by atoms with Gasteiger partial charge in [0.2, 0.25) is 0 Å². The number of hydrogen-bond acceptors (Lipinski definition) is 9. The van der Waals surface area contributed by atoms with Gasteiger partial charge < -0.3 is 18.9 Å². The van der Waals surface area contributed by atoms with Crippen LogP contribution < -0.4 is 11.2 Å². The standard InChI is InChI=1S/C18H23BrN2O9/c1-9(22)27-8-11-13(28-10(2)23)14(19)18(29-11,30-15(25)17(3,4)5)21-7-6-12(24)20-16(21)26/h6-7,11,13-14H,8H2,1-5H3,(H,20,24,26)/t11-,13-,14-,18-/m1/s1. The first-order valence-electron chi connectivity index (χ1n) is 8.96. The maximum Gasteiger partial charge on any atom is 0.333 e. The van der Waals surface area contributed by atoms with Gasteiger partial charge in [0, 0.05) is 26.1 Å². The summed E-state index contributed by atoms with van der Waals surface area (Å²) in [4.78, 5) is 60.6. The number of H-pyrrole nitrogens is 1. The minimum atomic E-state index is -2.14. The molecule has 0 aliphatic carbocycles. The minimum Gasteiger partial charge on any atom is -0.463 e. The lowest BCUT2D eigenvalue weighted by molar-refractivity contribution is -0.276. The van der Waals surface area contributed by atoms with Crippen LogP contribution in [0.5, 0.6) is 0 Å². The largest absolute Gasteiger partial charge is 0.463 e. The second-order valence-corrected chi connectivity index (χ2v) is 8.67. The fraction of sp³-hybridized carbons (Fsp3) is 0.611. The Labute approximate surface area is 179 Å². The quantitative estimate of drug-likeness (QED) is 0.352. The van der Waals surface area contributed by atoms with Gasteiger partial charge in [-0.15, -0.1) is 0 Å². The van der Waals surface area contributed by atoms with E-state index < -0.39 is 57.5 Å². The molecular weight excluding hydrogens is 468 g/mol. The second-order valence-electron chi connectivity index (χ2n) is 7.69. The van der Waals surface area contributed by atoms with Crippen molar-refractivity contribution in [2.45, 2.75) is 57.6 Å². The zero-order chi connectivity index (χ0) is 22.9. The molecule has 1 fully saturated rings. The van der Waals surface area contributed by atoms with E-state index in [0.29, 0.717) is 0 Å². The van der Waals surface area contributed by atoms with Gasteiger partial charge in [0.15, 0.2) is 6.10 Å². The van der Waals surface area contributed by atoms with E-state index in [1.54, 1.807) is 20.8 Å². The number of alkyl halides is 1. The molecule has 166 valence electrons. The summed E-state index contributed by atoms with van der Waals surface area (Å²) in [6.07, 6.45) is -1.10. The number of hydrogen-bond donors (Lipinski definition) is 1. The maximum atomic E-state index is 12.7. The van der Waals surface area contributed by atoms with Gasteiger partial charge in [-0.1, -0.05) is 15.9 Å². The molecule has 1 aromatic rings. The normalized spacial score (nSPS) is 26.1. The maximum absolute atomic E-state index is 12.7. The molecule has 1 aromatic heterocycles. The topological polar surface area (TPSA) is 143 Å². The van der Waals surface area contributed by atoms with Crippen LogP contribution in [0.25, 0.3) is 0 Å². The monoisotopic (exact) mass is 490 g/mol. The number of aromatic nitrogens is 2. The average Bonchev–Trinajstić information content (AvgIpc) is 2.84. The molecule has 1 N–H and O–H groups in total. The summed E-state index contributed by atoms with van der Waals surface area (Å²) in [5.41, 5.74) is -2.59. The Hall–Kier alpha value is -2.47. The highest BCUT2D eigenvalue weighted by Gasteiger charge is 2.61. The molecular formula is C18H23BrN2O9. The molecule has 0 aromatic carbocycles. The lowest BCUT2D eigenvalue weighted by Gasteiger charge is -2.34. The number of carbonyl (C=O) groups is 3. The molecule has 0 spiro atoms.